The van der Waals surface area contributed by atoms with E-state index < -0.39 is 83.5 Å². The molecule has 0 aromatic carbocycles. The lowest BCUT2D eigenvalue weighted by Gasteiger charge is -2.39. The zero-order valence-corrected chi connectivity index (χ0v) is 24.9. The fraction of sp³-hybridized carbons (Fsp3) is 0.524. The molecule has 3 aliphatic rings. The summed E-state index contributed by atoms with van der Waals surface area (Å²) in [4.78, 5) is 56.1. The van der Waals surface area contributed by atoms with E-state index in [1.54, 1.807) is 0 Å². The maximum Gasteiger partial charge on any atom is 0.472 e. The van der Waals surface area contributed by atoms with Crippen molar-refractivity contribution in [2.45, 2.75) is 55.5 Å². The number of rotatable bonds is 2. The topological polar surface area (TPSA) is 330 Å². The van der Waals surface area contributed by atoms with Crippen molar-refractivity contribution in [1.29, 1.82) is 0 Å². The summed E-state index contributed by atoms with van der Waals surface area (Å²) < 4.78 is 61.6. The summed E-state index contributed by atoms with van der Waals surface area (Å²) in [6.45, 7) is -1.62. The molecule has 3 aliphatic heterocycles. The van der Waals surface area contributed by atoms with Gasteiger partial charge >= 0.3 is 15.6 Å². The van der Waals surface area contributed by atoms with Crippen molar-refractivity contribution in [1.82, 2.24) is 39.0 Å². The highest BCUT2D eigenvalue weighted by molar-refractivity contribution is 7.47. The second-order valence-corrected chi connectivity index (χ2v) is 13.3. The lowest BCUT2D eigenvalue weighted by atomic mass is 10.0. The van der Waals surface area contributed by atoms with Crippen LogP contribution in [0.1, 0.15) is 18.9 Å². The summed E-state index contributed by atoms with van der Waals surface area (Å²) in [5, 5.41) is 22.1. The van der Waals surface area contributed by atoms with Crippen molar-refractivity contribution in [3.63, 3.8) is 0 Å². The molecular formula is C21H26N10O13P2. The second kappa shape index (κ2) is 11.4. The van der Waals surface area contributed by atoms with Crippen LogP contribution in [0.25, 0.3) is 22.3 Å². The number of phosphoric acid groups is 2. The first-order chi connectivity index (χ1) is 21.8. The molecule has 9 N–H and O–H groups in total. The Balaban J connectivity index is 1.22. The summed E-state index contributed by atoms with van der Waals surface area (Å²) >= 11 is 0. The predicted molar refractivity (Wildman–Crippen MR) is 148 cm³/mol. The summed E-state index contributed by atoms with van der Waals surface area (Å²) in [5.41, 5.74) is 11.0. The van der Waals surface area contributed by atoms with E-state index >= 15 is 0 Å². The monoisotopic (exact) mass is 688 g/mol. The quantitative estimate of drug-likeness (QED) is 0.112. The van der Waals surface area contributed by atoms with Gasteiger partial charge in [-0.3, -0.25) is 37.0 Å². The highest BCUT2D eigenvalue weighted by atomic mass is 31.2. The van der Waals surface area contributed by atoms with Gasteiger partial charge in [0, 0.05) is 6.42 Å². The molecule has 3 fully saturated rings. The number of hydrogen-bond acceptors (Lipinski definition) is 18. The smallest absolute Gasteiger partial charge is 0.388 e. The molecule has 0 spiro atoms. The molecule has 10 atom stereocenters. The SMILES string of the molecule is Nc1nc2c(ncn2C2OC3COP(=O)(O)OC4CC(n5cnc6c(N)ncnc65)OC(COP(=O)(O)OC2C3O)C4O)c(=O)[nH]1. The number of anilines is 2. The predicted octanol–water partition coefficient (Wildman–Crippen LogP) is -1.95. The van der Waals surface area contributed by atoms with E-state index in [4.69, 9.17) is 39.0 Å². The van der Waals surface area contributed by atoms with Gasteiger partial charge in [-0.05, 0) is 0 Å². The second-order valence-electron chi connectivity index (χ2n) is 10.5. The van der Waals surface area contributed by atoms with E-state index in [1.807, 2.05) is 0 Å². The van der Waals surface area contributed by atoms with E-state index in [1.165, 1.54) is 17.2 Å². The Labute approximate surface area is 255 Å². The lowest BCUT2D eigenvalue weighted by Crippen LogP contribution is -2.49. The number of nitrogens with two attached hydrogens (primary N) is 2. The first-order valence-corrected chi connectivity index (χ1v) is 16.4. The molecule has 7 heterocycles. The Morgan fingerprint density at radius 3 is 2.28 bits per heavy atom. The van der Waals surface area contributed by atoms with Crippen LogP contribution in [-0.2, 0) is 36.7 Å². The molecule has 4 bridgehead atoms. The minimum Gasteiger partial charge on any atom is -0.388 e. The van der Waals surface area contributed by atoms with Crippen molar-refractivity contribution >= 4 is 49.7 Å². The Morgan fingerprint density at radius 1 is 0.848 bits per heavy atom. The van der Waals surface area contributed by atoms with E-state index in [2.05, 4.69) is 29.9 Å². The van der Waals surface area contributed by atoms with Crippen LogP contribution in [0.2, 0.25) is 0 Å². The molecule has 4 aromatic rings. The Hall–Kier alpha value is -3.44. The zero-order valence-electron chi connectivity index (χ0n) is 23.1. The fourth-order valence-electron chi connectivity index (χ4n) is 5.46. The van der Waals surface area contributed by atoms with Gasteiger partial charge in [0.05, 0.1) is 25.9 Å². The molecule has 25 heteroatoms. The normalized spacial score (nSPS) is 37.4. The molecule has 0 saturated carbocycles. The summed E-state index contributed by atoms with van der Waals surface area (Å²) in [5.74, 6) is -0.217. The van der Waals surface area contributed by atoms with Gasteiger partial charge < -0.3 is 40.9 Å². The van der Waals surface area contributed by atoms with E-state index in [0.29, 0.717) is 0 Å². The minimum atomic E-state index is -5.11. The molecule has 0 aliphatic carbocycles. The summed E-state index contributed by atoms with van der Waals surface area (Å²) in [7, 11) is -10.1. The maximum atomic E-state index is 13.2. The summed E-state index contributed by atoms with van der Waals surface area (Å²) in [6, 6.07) is 0. The third kappa shape index (κ3) is 5.59. The number of nitrogens with one attached hydrogen (secondary N) is 1. The number of phosphoric ester groups is 2. The van der Waals surface area contributed by atoms with E-state index in [-0.39, 0.29) is 40.5 Å². The van der Waals surface area contributed by atoms with Gasteiger partial charge in [0.1, 0.15) is 54.7 Å². The van der Waals surface area contributed by atoms with Gasteiger partial charge in [0.15, 0.2) is 28.9 Å². The Bertz CT molecular complexity index is 1950. The van der Waals surface area contributed by atoms with Gasteiger partial charge in [0.25, 0.3) is 5.56 Å². The molecule has 46 heavy (non-hydrogen) atoms. The summed E-state index contributed by atoms with van der Waals surface area (Å²) in [6.07, 6.45) is -8.85. The van der Waals surface area contributed by atoms with Crippen molar-refractivity contribution in [2.24, 2.45) is 0 Å². The molecule has 10 unspecified atom stereocenters. The maximum absolute atomic E-state index is 13.2. The number of fused-ring (bicyclic) bond motifs is 6. The van der Waals surface area contributed by atoms with Crippen LogP contribution in [0.15, 0.2) is 23.8 Å². The first kappa shape index (κ1) is 31.2. The van der Waals surface area contributed by atoms with E-state index in [0.717, 1.165) is 10.9 Å². The van der Waals surface area contributed by atoms with Crippen molar-refractivity contribution in [3.05, 3.63) is 29.3 Å². The number of nitrogens with zero attached hydrogens (tertiary/aromatic N) is 7. The van der Waals surface area contributed by atoms with E-state index in [9.17, 15) is 33.9 Å². The number of imidazole rings is 2. The number of aromatic nitrogens is 8. The molecule has 0 radical (unpaired) electrons. The largest absolute Gasteiger partial charge is 0.472 e. The average Bonchev–Trinajstić information content (AvgIpc) is 3.69. The lowest BCUT2D eigenvalue weighted by molar-refractivity contribution is -0.197. The molecule has 4 aromatic heterocycles. The van der Waals surface area contributed by atoms with Gasteiger partial charge in [0.2, 0.25) is 5.95 Å². The Morgan fingerprint density at radius 2 is 1.52 bits per heavy atom. The van der Waals surface area contributed by atoms with Gasteiger partial charge in [-0.15, -0.1) is 0 Å². The average molecular weight is 688 g/mol. The number of aromatic amines is 1. The van der Waals surface area contributed by atoms with Crippen LogP contribution < -0.4 is 17.0 Å². The van der Waals surface area contributed by atoms with Gasteiger partial charge in [-0.1, -0.05) is 0 Å². The van der Waals surface area contributed by atoms with Crippen LogP contribution in [0.5, 0.6) is 0 Å². The van der Waals surface area contributed by atoms with Crippen LogP contribution in [0.3, 0.4) is 0 Å². The van der Waals surface area contributed by atoms with Gasteiger partial charge in [-0.2, -0.15) is 4.98 Å². The van der Waals surface area contributed by atoms with Crippen molar-refractivity contribution in [2.75, 3.05) is 24.7 Å². The van der Waals surface area contributed by atoms with Crippen LogP contribution in [0, 0.1) is 0 Å². The number of aliphatic hydroxyl groups is 2. The van der Waals surface area contributed by atoms with Crippen LogP contribution >= 0.6 is 15.6 Å². The van der Waals surface area contributed by atoms with Crippen molar-refractivity contribution in [3.8, 4) is 0 Å². The minimum absolute atomic E-state index is 0.0699. The van der Waals surface area contributed by atoms with Gasteiger partial charge in [-0.25, -0.2) is 29.1 Å². The highest BCUT2D eigenvalue weighted by Crippen LogP contribution is 2.53. The third-order valence-corrected chi connectivity index (χ3v) is 9.59. The molecule has 248 valence electrons. The molecule has 23 nitrogen and oxygen atoms in total. The third-order valence-electron chi connectivity index (χ3n) is 7.59. The number of aliphatic hydroxyl groups excluding tert-OH is 2. The fourth-order valence-corrected chi connectivity index (χ4v) is 7.34. The zero-order chi connectivity index (χ0) is 32.5. The first-order valence-electron chi connectivity index (χ1n) is 13.4. The molecule has 7 rings (SSSR count). The number of nitrogen functional groups attached to an aromatic ring is 2. The Kier molecular flexibility index (Phi) is 7.70. The number of H-pyrrole nitrogens is 1. The highest BCUT2D eigenvalue weighted by Gasteiger charge is 2.52. The number of ether oxygens (including phenoxy) is 2. The molecule has 0 amide bonds. The molecule has 3 saturated heterocycles. The van der Waals surface area contributed by atoms with Crippen LogP contribution in [-0.4, -0.2) is 109 Å². The van der Waals surface area contributed by atoms with Crippen LogP contribution in [0.4, 0.5) is 11.8 Å². The standard InChI is InChI=1S/C21H26N10O13P2/c22-16-11-17(25-4-24-16)30(5-26-11)10-1-7-13(32)8(41-10)2-40-46(37,38)44-15-14(33)9(3-39-45(35,36)43-7)42-20(15)31-6-27-12-18(31)28-21(23)29-19(12)34/h4-10,13-15,20,32-33H,1-3H2,(H,35,36)(H,37,38)(H2,22,24,25)(H3,23,28,29,34). The molecular weight excluding hydrogens is 662 g/mol. The van der Waals surface area contributed by atoms with Crippen molar-refractivity contribution < 1.29 is 56.7 Å². The number of hydrogen-bond donors (Lipinski definition) is 7.